The third-order valence-corrected chi connectivity index (χ3v) is 11.2. The van der Waals surface area contributed by atoms with Crippen molar-refractivity contribution in [2.24, 2.45) is 0 Å². The summed E-state index contributed by atoms with van der Waals surface area (Å²) in [7, 11) is 4.67. The van der Waals surface area contributed by atoms with E-state index >= 15 is 0 Å². The Bertz CT molecular complexity index is 2430. The molecule has 0 bridgehead atoms. The fraction of sp³-hybridized carbons (Fsp3) is 0.316. The lowest BCUT2D eigenvalue weighted by Crippen LogP contribution is -2.06. The molecular formula is C38H37Br4N7O8. The van der Waals surface area contributed by atoms with E-state index in [1.165, 1.54) is 52.0 Å². The summed E-state index contributed by atoms with van der Waals surface area (Å²) in [6.45, 7) is 0. The first kappa shape index (κ1) is 42.2. The fourth-order valence-corrected chi connectivity index (χ4v) is 7.73. The van der Waals surface area contributed by atoms with Crippen LogP contribution < -0.4 is 19.5 Å². The monoisotopic (exact) mass is 1030 g/mol. The molecule has 0 spiro atoms. The highest BCUT2D eigenvalue weighted by Gasteiger charge is 2.29. The summed E-state index contributed by atoms with van der Waals surface area (Å²) in [5.41, 5.74) is 4.33. The van der Waals surface area contributed by atoms with Crippen LogP contribution in [-0.2, 0) is 0 Å². The first-order chi connectivity index (χ1) is 27.3. The number of benzene rings is 4. The van der Waals surface area contributed by atoms with E-state index in [0.717, 1.165) is 49.6 Å². The number of phenols is 1. The van der Waals surface area contributed by atoms with Crippen LogP contribution in [0.5, 0.6) is 23.0 Å². The van der Waals surface area contributed by atoms with Gasteiger partial charge in [0, 0.05) is 43.7 Å². The number of nitro benzene ring substituents is 2. The third-order valence-electron chi connectivity index (χ3n) is 9.06. The van der Waals surface area contributed by atoms with Gasteiger partial charge in [0.25, 0.3) is 11.4 Å². The van der Waals surface area contributed by atoms with Crippen molar-refractivity contribution < 1.29 is 29.2 Å². The van der Waals surface area contributed by atoms with Crippen molar-refractivity contribution in [1.29, 1.82) is 0 Å². The number of anilines is 1. The van der Waals surface area contributed by atoms with Gasteiger partial charge in [-0.25, -0.2) is 9.97 Å². The van der Waals surface area contributed by atoms with Crippen LogP contribution in [0.1, 0.15) is 50.6 Å². The van der Waals surface area contributed by atoms with Crippen LogP contribution in [0.15, 0.2) is 85.1 Å². The number of nitro groups is 2. The van der Waals surface area contributed by atoms with Crippen LogP contribution >= 0.6 is 63.7 Å². The lowest BCUT2D eigenvalue weighted by Gasteiger charge is -2.11. The fourth-order valence-electron chi connectivity index (χ4n) is 5.88. The molecule has 0 saturated heterocycles. The van der Waals surface area contributed by atoms with Gasteiger partial charge < -0.3 is 33.8 Å². The summed E-state index contributed by atoms with van der Waals surface area (Å²) in [6.07, 6.45) is 10.7. The zero-order valence-electron chi connectivity index (χ0n) is 30.8. The molecule has 0 radical (unpaired) electrons. The summed E-state index contributed by atoms with van der Waals surface area (Å²) in [6, 6.07) is 17.0. The number of rotatable bonds is 9. The minimum Gasteiger partial charge on any atom is -0.506 e. The maximum absolute atomic E-state index is 10.9. The van der Waals surface area contributed by atoms with Gasteiger partial charge in [0.05, 0.1) is 54.9 Å². The van der Waals surface area contributed by atoms with Crippen molar-refractivity contribution in [3.05, 3.63) is 105 Å². The Balaban J connectivity index is 0.000000129. The Hall–Kier alpha value is -4.46. The molecule has 3 aliphatic carbocycles. The number of hydrogen-bond donors (Lipinski definition) is 2. The molecule has 4 aromatic carbocycles. The van der Waals surface area contributed by atoms with E-state index in [0.29, 0.717) is 50.0 Å². The van der Waals surface area contributed by atoms with Crippen LogP contribution in [0.4, 0.5) is 17.1 Å². The van der Waals surface area contributed by atoms with Crippen molar-refractivity contribution in [1.82, 2.24) is 19.1 Å². The SMILES string of the molecule is COc1cc(Br)cc([N+](=O)[O-])c1NC1CC1.COc1cc(Br)cc2ncn(C3CC3)c12.COc1cccc([N+](=O)[O-])c1Br.Oc1cc(Br)cc2ncn(C3CC3)c12. The summed E-state index contributed by atoms with van der Waals surface area (Å²) in [5.74, 6) is 2.15. The Morgan fingerprint density at radius 3 is 1.72 bits per heavy atom. The van der Waals surface area contributed by atoms with E-state index in [1.54, 1.807) is 31.4 Å². The minimum absolute atomic E-state index is 0.00866. The van der Waals surface area contributed by atoms with Crippen molar-refractivity contribution in [2.45, 2.75) is 56.7 Å². The molecule has 300 valence electrons. The number of ether oxygens (including phenoxy) is 3. The maximum Gasteiger partial charge on any atom is 0.297 e. The van der Waals surface area contributed by atoms with E-state index in [1.807, 2.05) is 30.9 Å². The van der Waals surface area contributed by atoms with Gasteiger partial charge in [-0.15, -0.1) is 0 Å². The van der Waals surface area contributed by atoms with Gasteiger partial charge >= 0.3 is 0 Å². The standard InChI is InChI=1S/C11H11BrN2O.C10H11BrN2O3.C10H9BrN2O.C7H6BrNO3/c1-15-10-5-7(12)4-9-11(10)14(6-13-9)8-2-3-8;1-16-9-5-6(11)4-8(13(14)15)10(9)12-7-2-3-7;11-6-3-8-10(9(14)4-6)13(5-12-8)7-1-2-7;1-12-6-4-2-3-5(7(6)8)9(10)11/h4-6,8H,2-3H2,1H3;4-5,7,12H,2-3H2,1H3;3-5,7,14H,1-2H2;2-4H,1H3. The number of imidazole rings is 2. The molecule has 57 heavy (non-hydrogen) atoms. The number of aromatic nitrogens is 4. The molecule has 3 saturated carbocycles. The topological polar surface area (TPSA) is 182 Å². The zero-order chi connectivity index (χ0) is 41.0. The second-order valence-electron chi connectivity index (χ2n) is 13.3. The van der Waals surface area contributed by atoms with E-state index in [2.05, 4.69) is 88.1 Å². The molecule has 6 aromatic rings. The van der Waals surface area contributed by atoms with Gasteiger partial charge in [0.1, 0.15) is 38.5 Å². The number of phenolic OH excluding ortho intramolecular Hbond substituents is 1. The zero-order valence-corrected chi connectivity index (χ0v) is 37.2. The number of nitrogens with one attached hydrogen (secondary N) is 1. The molecule has 0 atom stereocenters. The third kappa shape index (κ3) is 10.4. The van der Waals surface area contributed by atoms with Crippen molar-refractivity contribution in [2.75, 3.05) is 26.6 Å². The molecule has 3 aliphatic rings. The van der Waals surface area contributed by atoms with Crippen LogP contribution in [0, 0.1) is 20.2 Å². The molecule has 9 rings (SSSR count). The Morgan fingerprint density at radius 2 is 1.19 bits per heavy atom. The highest BCUT2D eigenvalue weighted by Crippen LogP contribution is 2.42. The average molecular weight is 1040 g/mol. The maximum atomic E-state index is 10.9. The number of methoxy groups -OCH3 is 3. The highest BCUT2D eigenvalue weighted by molar-refractivity contribution is 9.11. The first-order valence-corrected chi connectivity index (χ1v) is 20.8. The van der Waals surface area contributed by atoms with Crippen LogP contribution in [0.3, 0.4) is 0 Å². The molecule has 0 amide bonds. The Morgan fingerprint density at radius 1 is 0.684 bits per heavy atom. The molecule has 3 fully saturated rings. The lowest BCUT2D eigenvalue weighted by molar-refractivity contribution is -0.385. The highest BCUT2D eigenvalue weighted by atomic mass is 79.9. The Labute approximate surface area is 360 Å². The normalized spacial score (nSPS) is 14.3. The quantitative estimate of drug-likeness (QED) is 0.104. The predicted octanol–water partition coefficient (Wildman–Crippen LogP) is 11.3. The van der Waals surface area contributed by atoms with Crippen molar-refractivity contribution in [3.8, 4) is 23.0 Å². The predicted molar refractivity (Wildman–Crippen MR) is 231 cm³/mol. The minimum atomic E-state index is -0.466. The van der Waals surface area contributed by atoms with E-state index in [4.69, 9.17) is 14.2 Å². The number of hydrogen-bond acceptors (Lipinski definition) is 11. The smallest absolute Gasteiger partial charge is 0.297 e. The van der Waals surface area contributed by atoms with Crippen LogP contribution in [0.25, 0.3) is 22.1 Å². The van der Waals surface area contributed by atoms with Crippen LogP contribution in [-0.4, -0.2) is 61.4 Å². The average Bonchev–Trinajstić information content (AvgIpc) is 4.10. The van der Waals surface area contributed by atoms with E-state index in [9.17, 15) is 25.3 Å². The first-order valence-electron chi connectivity index (χ1n) is 17.6. The molecule has 15 nitrogen and oxygen atoms in total. The lowest BCUT2D eigenvalue weighted by atomic mass is 10.2. The number of nitrogens with zero attached hydrogens (tertiary/aromatic N) is 6. The summed E-state index contributed by atoms with van der Waals surface area (Å²) < 4.78 is 22.6. The number of aromatic hydroxyl groups is 1. The second-order valence-corrected chi connectivity index (χ2v) is 16.8. The van der Waals surface area contributed by atoms with Gasteiger partial charge in [-0.1, -0.05) is 53.9 Å². The summed E-state index contributed by atoms with van der Waals surface area (Å²) >= 11 is 13.1. The van der Waals surface area contributed by atoms with Crippen molar-refractivity contribution >= 4 is 103 Å². The van der Waals surface area contributed by atoms with Gasteiger partial charge in [-0.3, -0.25) is 20.2 Å². The van der Waals surface area contributed by atoms with E-state index < -0.39 is 9.85 Å². The second kappa shape index (κ2) is 18.4. The van der Waals surface area contributed by atoms with Gasteiger partial charge in [-0.2, -0.15) is 0 Å². The van der Waals surface area contributed by atoms with Crippen LogP contribution in [0.2, 0.25) is 0 Å². The summed E-state index contributed by atoms with van der Waals surface area (Å²) in [4.78, 5) is 29.1. The van der Waals surface area contributed by atoms with E-state index in [-0.39, 0.29) is 11.4 Å². The van der Waals surface area contributed by atoms with Gasteiger partial charge in [-0.05, 0) is 90.9 Å². The Kier molecular flexibility index (Phi) is 13.6. The largest absolute Gasteiger partial charge is 0.506 e. The van der Waals surface area contributed by atoms with Gasteiger partial charge in [0.2, 0.25) is 0 Å². The molecule has 2 aromatic heterocycles. The molecule has 0 aliphatic heterocycles. The molecule has 2 N–H and O–H groups in total. The molecule has 19 heteroatoms. The molecular weight excluding hydrogens is 1000 g/mol. The number of fused-ring (bicyclic) bond motifs is 2. The van der Waals surface area contributed by atoms with Crippen molar-refractivity contribution in [3.63, 3.8) is 0 Å². The van der Waals surface area contributed by atoms with Gasteiger partial charge in [0.15, 0.2) is 5.69 Å². The molecule has 0 unspecified atom stereocenters. The summed E-state index contributed by atoms with van der Waals surface area (Å²) in [5, 5.41) is 34.3. The number of halogens is 4. The molecule has 2 heterocycles.